The highest BCUT2D eigenvalue weighted by atomic mass is 16.5. The van der Waals surface area contributed by atoms with Crippen LogP contribution in [0.2, 0.25) is 0 Å². The van der Waals surface area contributed by atoms with E-state index in [4.69, 9.17) is 9.47 Å². The quantitative estimate of drug-likeness (QED) is 0.568. The van der Waals surface area contributed by atoms with Gasteiger partial charge in [0.25, 0.3) is 0 Å². The van der Waals surface area contributed by atoms with Gasteiger partial charge in [0.05, 0.1) is 6.61 Å². The highest BCUT2D eigenvalue weighted by molar-refractivity contribution is 5.78. The zero-order valence-corrected chi connectivity index (χ0v) is 13.6. The Kier molecular flexibility index (Phi) is 6.83. The van der Waals surface area contributed by atoms with Gasteiger partial charge >= 0.3 is 5.97 Å². The van der Waals surface area contributed by atoms with Gasteiger partial charge < -0.3 is 14.8 Å². The number of ether oxygens (including phenoxy) is 2. The second-order valence-electron chi connectivity index (χ2n) is 5.21. The van der Waals surface area contributed by atoms with Crippen molar-refractivity contribution in [3.05, 3.63) is 65.7 Å². The first-order chi connectivity index (χ1) is 11.7. The summed E-state index contributed by atoms with van der Waals surface area (Å²) >= 11 is 0. The van der Waals surface area contributed by atoms with Crippen molar-refractivity contribution in [3.8, 4) is 5.75 Å². The Morgan fingerprint density at radius 1 is 1.08 bits per heavy atom. The predicted octanol–water partition coefficient (Wildman–Crippen LogP) is 2.49. The minimum Gasteiger partial charge on any atom is -0.489 e. The van der Waals surface area contributed by atoms with Crippen molar-refractivity contribution in [2.45, 2.75) is 26.0 Å². The fourth-order valence-corrected chi connectivity index (χ4v) is 2.23. The lowest BCUT2D eigenvalue weighted by Crippen LogP contribution is -2.39. The van der Waals surface area contributed by atoms with Gasteiger partial charge in [-0.1, -0.05) is 42.5 Å². The molecule has 0 bridgehead atoms. The summed E-state index contributed by atoms with van der Waals surface area (Å²) in [6.07, 6.45) is 0.884. The molecule has 5 heteroatoms. The average Bonchev–Trinajstić information content (AvgIpc) is 2.62. The van der Waals surface area contributed by atoms with Crippen LogP contribution in [0.25, 0.3) is 0 Å². The highest BCUT2D eigenvalue weighted by Crippen LogP contribution is 2.15. The molecule has 1 N–H and O–H groups in total. The zero-order chi connectivity index (χ0) is 17.2. The highest BCUT2D eigenvalue weighted by Gasteiger charge is 2.19. The van der Waals surface area contributed by atoms with E-state index >= 15 is 0 Å². The second kappa shape index (κ2) is 9.35. The molecule has 2 aromatic carbocycles. The first-order valence-corrected chi connectivity index (χ1v) is 7.85. The van der Waals surface area contributed by atoms with Gasteiger partial charge in [-0.3, -0.25) is 4.79 Å². The number of esters is 1. The van der Waals surface area contributed by atoms with Gasteiger partial charge in [-0.2, -0.15) is 0 Å². The first-order valence-electron chi connectivity index (χ1n) is 7.85. The van der Waals surface area contributed by atoms with E-state index in [0.717, 1.165) is 16.9 Å². The third kappa shape index (κ3) is 5.43. The minimum atomic E-state index is -0.682. The van der Waals surface area contributed by atoms with Crippen LogP contribution in [0.1, 0.15) is 18.1 Å². The van der Waals surface area contributed by atoms with Crippen molar-refractivity contribution in [2.24, 2.45) is 0 Å². The van der Waals surface area contributed by atoms with Crippen LogP contribution in [0.5, 0.6) is 5.75 Å². The lowest BCUT2D eigenvalue weighted by molar-refractivity contribution is -0.146. The van der Waals surface area contributed by atoms with Crippen LogP contribution in [0.3, 0.4) is 0 Å². The Morgan fingerprint density at radius 3 is 2.42 bits per heavy atom. The van der Waals surface area contributed by atoms with Crippen LogP contribution in [0.15, 0.2) is 54.6 Å². The first kappa shape index (κ1) is 17.5. The summed E-state index contributed by atoms with van der Waals surface area (Å²) in [5.41, 5.74) is 2.01. The number of carbonyl (C=O) groups excluding carboxylic acids is 2. The number of hydrogen-bond acceptors (Lipinski definition) is 4. The van der Waals surface area contributed by atoms with Crippen LogP contribution < -0.4 is 10.1 Å². The molecular formula is C19H21NO4. The SMILES string of the molecule is CCOC(=O)[C@H](Cc1ccc(OCc2ccccc2)cc1)NC=O. The van der Waals surface area contributed by atoms with Crippen LogP contribution in [0, 0.1) is 0 Å². The third-order valence-corrected chi connectivity index (χ3v) is 3.45. The lowest BCUT2D eigenvalue weighted by Gasteiger charge is -2.15. The number of carbonyl (C=O) groups is 2. The summed E-state index contributed by atoms with van der Waals surface area (Å²) in [7, 11) is 0. The summed E-state index contributed by atoms with van der Waals surface area (Å²) in [4.78, 5) is 22.4. The van der Waals surface area contributed by atoms with Gasteiger partial charge in [-0.15, -0.1) is 0 Å². The van der Waals surface area contributed by atoms with Crippen LogP contribution in [0.4, 0.5) is 0 Å². The predicted molar refractivity (Wildman–Crippen MR) is 90.5 cm³/mol. The average molecular weight is 327 g/mol. The number of amides is 1. The fourth-order valence-electron chi connectivity index (χ4n) is 2.23. The van der Waals surface area contributed by atoms with Crippen LogP contribution in [-0.4, -0.2) is 25.0 Å². The summed E-state index contributed by atoms with van der Waals surface area (Å²) in [6, 6.07) is 16.7. The van der Waals surface area contributed by atoms with Crippen molar-refractivity contribution in [3.63, 3.8) is 0 Å². The van der Waals surface area contributed by atoms with E-state index in [1.807, 2.05) is 54.6 Å². The molecule has 1 atom stereocenters. The molecule has 0 radical (unpaired) electrons. The van der Waals surface area contributed by atoms with E-state index in [-0.39, 0.29) is 6.61 Å². The molecule has 0 spiro atoms. The molecule has 0 unspecified atom stereocenters. The van der Waals surface area contributed by atoms with Gasteiger partial charge in [0, 0.05) is 6.42 Å². The number of nitrogens with one attached hydrogen (secondary N) is 1. The third-order valence-electron chi connectivity index (χ3n) is 3.45. The Morgan fingerprint density at radius 2 is 1.79 bits per heavy atom. The Balaban J connectivity index is 1.92. The Bertz CT molecular complexity index is 640. The lowest BCUT2D eigenvalue weighted by atomic mass is 10.1. The zero-order valence-electron chi connectivity index (χ0n) is 13.6. The maximum absolute atomic E-state index is 11.8. The van der Waals surface area contributed by atoms with Gasteiger partial charge in [-0.25, -0.2) is 4.79 Å². The standard InChI is InChI=1S/C19H21NO4/c1-2-23-19(22)18(20-14-21)12-15-8-10-17(11-9-15)24-13-16-6-4-3-5-7-16/h3-11,14,18H,2,12-13H2,1H3,(H,20,21)/t18-/m0/s1. The van der Waals surface area contributed by atoms with Gasteiger partial charge in [-0.05, 0) is 30.2 Å². The van der Waals surface area contributed by atoms with Crippen LogP contribution in [-0.2, 0) is 27.4 Å². The summed E-state index contributed by atoms with van der Waals surface area (Å²) in [6.45, 7) is 2.51. The molecule has 0 aromatic heterocycles. The van der Waals surface area contributed by atoms with E-state index in [9.17, 15) is 9.59 Å². The summed E-state index contributed by atoms with van der Waals surface area (Å²) < 4.78 is 10.7. The maximum Gasteiger partial charge on any atom is 0.328 e. The Labute approximate surface area is 141 Å². The topological polar surface area (TPSA) is 64.6 Å². The minimum absolute atomic E-state index is 0.280. The van der Waals surface area contributed by atoms with E-state index in [0.29, 0.717) is 19.4 Å². The van der Waals surface area contributed by atoms with Crippen molar-refractivity contribution in [1.82, 2.24) is 5.32 Å². The summed E-state index contributed by atoms with van der Waals surface area (Å²) in [5.74, 6) is 0.313. The van der Waals surface area contributed by atoms with Crippen molar-refractivity contribution >= 4 is 12.4 Å². The molecule has 2 rings (SSSR count). The molecule has 126 valence electrons. The molecule has 0 aliphatic carbocycles. The normalized spacial score (nSPS) is 11.4. The smallest absolute Gasteiger partial charge is 0.328 e. The molecule has 0 aliphatic rings. The fraction of sp³-hybridized carbons (Fsp3) is 0.263. The number of rotatable bonds is 9. The molecule has 0 aliphatic heterocycles. The molecule has 2 aromatic rings. The molecule has 1 amide bonds. The monoisotopic (exact) mass is 327 g/mol. The maximum atomic E-state index is 11.8. The van der Waals surface area contributed by atoms with E-state index in [1.54, 1.807) is 6.92 Å². The molecule has 0 heterocycles. The molecule has 5 nitrogen and oxygen atoms in total. The molecule has 24 heavy (non-hydrogen) atoms. The largest absolute Gasteiger partial charge is 0.489 e. The molecule has 0 saturated carbocycles. The van der Waals surface area contributed by atoms with Gasteiger partial charge in [0.1, 0.15) is 18.4 Å². The second-order valence-corrected chi connectivity index (χ2v) is 5.21. The number of benzene rings is 2. The number of hydrogen-bond donors (Lipinski definition) is 1. The Hall–Kier alpha value is -2.82. The van der Waals surface area contributed by atoms with Gasteiger partial charge in [0.15, 0.2) is 0 Å². The van der Waals surface area contributed by atoms with Gasteiger partial charge in [0.2, 0.25) is 6.41 Å². The molecule has 0 saturated heterocycles. The molecular weight excluding hydrogens is 306 g/mol. The van der Waals surface area contributed by atoms with E-state index < -0.39 is 12.0 Å². The van der Waals surface area contributed by atoms with Crippen LogP contribution >= 0.6 is 0 Å². The summed E-state index contributed by atoms with van der Waals surface area (Å²) in [5, 5.41) is 2.49. The van der Waals surface area contributed by atoms with Crippen molar-refractivity contribution in [2.75, 3.05) is 6.61 Å². The van der Waals surface area contributed by atoms with Crippen molar-refractivity contribution in [1.29, 1.82) is 0 Å². The van der Waals surface area contributed by atoms with E-state index in [2.05, 4.69) is 5.32 Å². The van der Waals surface area contributed by atoms with Crippen molar-refractivity contribution < 1.29 is 19.1 Å². The molecule has 0 fully saturated rings. The van der Waals surface area contributed by atoms with E-state index in [1.165, 1.54) is 0 Å².